The Bertz CT molecular complexity index is 1600. The predicted molar refractivity (Wildman–Crippen MR) is 155 cm³/mol. The van der Waals surface area contributed by atoms with Crippen LogP contribution in [0.4, 0.5) is 18.9 Å². The van der Waals surface area contributed by atoms with Crippen LogP contribution in [0.5, 0.6) is 5.75 Å². The van der Waals surface area contributed by atoms with Gasteiger partial charge >= 0.3 is 15.5 Å². The number of nitrogens with one attached hydrogen (secondary N) is 1. The van der Waals surface area contributed by atoms with Crippen molar-refractivity contribution in [1.82, 2.24) is 9.29 Å². The summed E-state index contributed by atoms with van der Waals surface area (Å²) in [7, 11) is -3.78. The molecule has 1 fully saturated rings. The highest BCUT2D eigenvalue weighted by atomic mass is 35.5. The molecule has 1 aliphatic heterocycles. The number of piperidine rings is 1. The first kappa shape index (κ1) is 29.4. The molecule has 0 bridgehead atoms. The maximum absolute atomic E-state index is 13.0. The second kappa shape index (κ2) is 11.7. The number of benzene rings is 3. The van der Waals surface area contributed by atoms with Gasteiger partial charge in [0, 0.05) is 52.4 Å². The molecule has 1 aliphatic rings. The van der Waals surface area contributed by atoms with E-state index in [4.69, 9.17) is 27.9 Å². The molecule has 1 aromatic heterocycles. The van der Waals surface area contributed by atoms with Gasteiger partial charge in [-0.3, -0.25) is 4.98 Å². The quantitative estimate of drug-likeness (QED) is 0.216. The van der Waals surface area contributed by atoms with Gasteiger partial charge < -0.3 is 10.1 Å². The van der Waals surface area contributed by atoms with Crippen molar-refractivity contribution in [3.8, 4) is 5.75 Å². The molecule has 0 unspecified atom stereocenters. The van der Waals surface area contributed by atoms with Crippen LogP contribution in [0, 0.1) is 0 Å². The van der Waals surface area contributed by atoms with Crippen LogP contribution < -0.4 is 10.1 Å². The van der Waals surface area contributed by atoms with Crippen molar-refractivity contribution in [2.75, 3.05) is 25.5 Å². The van der Waals surface area contributed by atoms with Crippen LogP contribution in [-0.4, -0.2) is 49.5 Å². The molecule has 4 aromatic rings. The third-order valence-corrected chi connectivity index (χ3v) is 9.37. The van der Waals surface area contributed by atoms with Crippen molar-refractivity contribution in [2.45, 2.75) is 30.3 Å². The Morgan fingerprint density at radius 3 is 2.00 bits per heavy atom. The highest BCUT2D eigenvalue weighted by Gasteiger charge is 2.50. The van der Waals surface area contributed by atoms with Gasteiger partial charge in [-0.15, -0.1) is 0 Å². The summed E-state index contributed by atoms with van der Waals surface area (Å²) in [6.45, 7) is -0.460. The van der Waals surface area contributed by atoms with Gasteiger partial charge in [0.25, 0.3) is 0 Å². The van der Waals surface area contributed by atoms with E-state index in [0.29, 0.717) is 25.6 Å². The van der Waals surface area contributed by atoms with Gasteiger partial charge in [-0.05, 0) is 72.0 Å². The summed E-state index contributed by atoms with van der Waals surface area (Å²) >= 11 is 12.4. The second-order valence-corrected chi connectivity index (χ2v) is 12.6. The van der Waals surface area contributed by atoms with E-state index >= 15 is 0 Å². The molecule has 216 valence electrons. The van der Waals surface area contributed by atoms with Crippen LogP contribution in [0.2, 0.25) is 10.0 Å². The first-order valence-electron chi connectivity index (χ1n) is 12.8. The number of fused-ring (bicyclic) bond motifs is 1. The fourth-order valence-electron chi connectivity index (χ4n) is 5.19. The largest absolute Gasteiger partial charge is 0.511 e. The molecular weight excluding hydrogens is 598 g/mol. The Kier molecular flexibility index (Phi) is 8.39. The highest BCUT2D eigenvalue weighted by molar-refractivity contribution is 7.90. The summed E-state index contributed by atoms with van der Waals surface area (Å²) in [5.74, 6) is 0.354. The van der Waals surface area contributed by atoms with Gasteiger partial charge in [0.15, 0.2) is 0 Å². The number of hydrogen-bond acceptors (Lipinski definition) is 5. The first-order chi connectivity index (χ1) is 19.5. The summed E-state index contributed by atoms with van der Waals surface area (Å²) in [5, 5.41) is 5.41. The van der Waals surface area contributed by atoms with Crippen LogP contribution in [0.1, 0.15) is 35.4 Å². The molecule has 0 atom stereocenters. The van der Waals surface area contributed by atoms with Gasteiger partial charge in [0.1, 0.15) is 11.3 Å². The summed E-state index contributed by atoms with van der Waals surface area (Å²) in [6.07, 6.45) is 2.06. The summed E-state index contributed by atoms with van der Waals surface area (Å²) in [5.41, 5.74) is -1.07. The molecule has 0 radical (unpaired) electrons. The van der Waals surface area contributed by atoms with Crippen LogP contribution in [-0.2, 0) is 10.0 Å². The van der Waals surface area contributed by atoms with Crippen LogP contribution in [0.25, 0.3) is 10.9 Å². The lowest BCUT2D eigenvalue weighted by Gasteiger charge is -2.32. The minimum absolute atomic E-state index is 0.202. The van der Waals surface area contributed by atoms with Crippen LogP contribution in [0.3, 0.4) is 0 Å². The Hall–Kier alpha value is -3.05. The zero-order chi connectivity index (χ0) is 29.4. The lowest BCUT2D eigenvalue weighted by atomic mass is 9.84. The third-order valence-electron chi connectivity index (χ3n) is 7.24. The monoisotopic (exact) mass is 623 g/mol. The second-order valence-electron chi connectivity index (χ2n) is 9.78. The van der Waals surface area contributed by atoms with E-state index in [1.165, 1.54) is 0 Å². The third kappa shape index (κ3) is 6.11. The number of nitrogens with zero attached hydrogens (tertiary/aromatic N) is 2. The predicted octanol–water partition coefficient (Wildman–Crippen LogP) is 7.46. The summed E-state index contributed by atoms with van der Waals surface area (Å²) in [4.78, 5) is 4.53. The molecule has 0 amide bonds. The minimum Gasteiger partial charge on any atom is -0.494 e. The van der Waals surface area contributed by atoms with Gasteiger partial charge in [-0.2, -0.15) is 17.5 Å². The molecule has 6 nitrogen and oxygen atoms in total. The number of anilines is 1. The zero-order valence-corrected chi connectivity index (χ0v) is 24.2. The molecule has 2 heterocycles. The number of aromatic nitrogens is 1. The molecule has 0 saturated carbocycles. The maximum Gasteiger partial charge on any atom is 0.511 e. The Morgan fingerprint density at radius 1 is 0.927 bits per heavy atom. The smallest absolute Gasteiger partial charge is 0.494 e. The fourth-order valence-corrected chi connectivity index (χ4v) is 6.42. The number of pyridine rings is 1. The van der Waals surface area contributed by atoms with Crippen molar-refractivity contribution < 1.29 is 26.3 Å². The Labute approximate surface area is 246 Å². The number of ether oxygens (including phenoxy) is 1. The molecule has 1 saturated heterocycles. The number of sulfonamides is 1. The lowest BCUT2D eigenvalue weighted by molar-refractivity contribution is -0.0494. The molecule has 0 spiro atoms. The molecule has 12 heteroatoms. The maximum atomic E-state index is 13.0. The molecule has 3 aromatic carbocycles. The van der Waals surface area contributed by atoms with E-state index in [9.17, 15) is 21.6 Å². The average molecular weight is 625 g/mol. The number of methoxy groups -OCH3 is 1. The topological polar surface area (TPSA) is 71.5 Å². The van der Waals surface area contributed by atoms with Gasteiger partial charge in [0.05, 0.1) is 7.11 Å². The Morgan fingerprint density at radius 2 is 1.49 bits per heavy atom. The number of halogens is 5. The average Bonchev–Trinajstić information content (AvgIpc) is 2.95. The van der Waals surface area contributed by atoms with E-state index in [1.807, 2.05) is 60.7 Å². The normalized spacial score (nSPS) is 15.4. The first-order valence-corrected chi connectivity index (χ1v) is 15.0. The van der Waals surface area contributed by atoms with E-state index in [-0.39, 0.29) is 37.9 Å². The SMILES string of the molecule is COc1cc(C(c2ccc(Cl)cc2)c2ccc(Cl)cc2)cc2c(NC3CCN(S(=O)(=O)C(F)(F)F)CC3)ccnc12. The zero-order valence-electron chi connectivity index (χ0n) is 21.8. The van der Waals surface area contributed by atoms with Crippen molar-refractivity contribution in [1.29, 1.82) is 0 Å². The molecule has 1 N–H and O–H groups in total. The van der Waals surface area contributed by atoms with E-state index < -0.39 is 15.5 Å². The molecule has 5 rings (SSSR count). The van der Waals surface area contributed by atoms with E-state index in [1.54, 1.807) is 19.4 Å². The van der Waals surface area contributed by atoms with Gasteiger partial charge in [0.2, 0.25) is 0 Å². The van der Waals surface area contributed by atoms with Crippen molar-refractivity contribution in [3.63, 3.8) is 0 Å². The molecular formula is C29H26Cl2F3N3O3S. The van der Waals surface area contributed by atoms with Gasteiger partial charge in [-0.25, -0.2) is 8.42 Å². The highest BCUT2D eigenvalue weighted by Crippen LogP contribution is 2.40. The number of hydrogen-bond donors (Lipinski definition) is 1. The summed E-state index contributed by atoms with van der Waals surface area (Å²) in [6, 6.07) is 20.7. The Balaban J connectivity index is 1.52. The van der Waals surface area contributed by atoms with Crippen molar-refractivity contribution in [2.24, 2.45) is 0 Å². The van der Waals surface area contributed by atoms with E-state index in [0.717, 1.165) is 27.8 Å². The van der Waals surface area contributed by atoms with Crippen molar-refractivity contribution >= 4 is 49.8 Å². The molecule has 0 aliphatic carbocycles. The summed E-state index contributed by atoms with van der Waals surface area (Å²) < 4.78 is 69.0. The standard InChI is InChI=1S/C29H26Cl2F3N3O3S/c1-40-26-17-20(27(18-2-6-21(30)7-3-18)19-4-8-22(31)9-5-19)16-24-25(10-13-35-28(24)26)36-23-11-14-37(15-12-23)41(38,39)29(32,33)34/h2-10,13,16-17,23,27H,11-12,14-15H2,1H3,(H,35,36). The lowest BCUT2D eigenvalue weighted by Crippen LogP contribution is -2.47. The number of rotatable bonds is 7. The van der Waals surface area contributed by atoms with Crippen LogP contribution >= 0.6 is 23.2 Å². The van der Waals surface area contributed by atoms with E-state index in [2.05, 4.69) is 10.3 Å². The number of alkyl halides is 3. The minimum atomic E-state index is -5.35. The van der Waals surface area contributed by atoms with Crippen molar-refractivity contribution in [3.05, 3.63) is 99.7 Å². The fraction of sp³-hybridized carbons (Fsp3) is 0.276. The van der Waals surface area contributed by atoms with Crippen LogP contribution in [0.15, 0.2) is 72.9 Å². The molecule has 41 heavy (non-hydrogen) atoms. The van der Waals surface area contributed by atoms with Gasteiger partial charge in [-0.1, -0.05) is 47.5 Å².